The molecule has 3 nitrogen and oxygen atoms in total. The molecule has 0 amide bonds. The highest BCUT2D eigenvalue weighted by atomic mass is 127. The van der Waals surface area contributed by atoms with Gasteiger partial charge in [0.15, 0.2) is 0 Å². The van der Waals surface area contributed by atoms with E-state index in [0.29, 0.717) is 11.8 Å². The molecule has 0 spiro atoms. The molecule has 112 valence electrons. The van der Waals surface area contributed by atoms with Crippen LogP contribution in [0.15, 0.2) is 4.79 Å². The van der Waals surface area contributed by atoms with E-state index in [9.17, 15) is 4.79 Å². The first-order chi connectivity index (χ1) is 9.52. The monoisotopic (exact) mass is 388 g/mol. The predicted octanol–water partition coefficient (Wildman–Crippen LogP) is 4.57. The van der Waals surface area contributed by atoms with Crippen molar-refractivity contribution in [3.63, 3.8) is 0 Å². The minimum absolute atomic E-state index is 0.0370. The van der Waals surface area contributed by atoms with Crippen LogP contribution in [0, 0.1) is 9.49 Å². The Morgan fingerprint density at radius 1 is 1.30 bits per heavy atom. The zero-order valence-corrected chi connectivity index (χ0v) is 14.9. The minimum Gasteiger partial charge on any atom is -0.309 e. The van der Waals surface area contributed by atoms with Crippen molar-refractivity contribution < 1.29 is 0 Å². The molecule has 0 aromatic carbocycles. The number of aromatic nitrogens is 2. The number of nitrogens with one attached hydrogen (secondary N) is 1. The molecule has 1 fully saturated rings. The van der Waals surface area contributed by atoms with Crippen LogP contribution in [0.3, 0.4) is 0 Å². The maximum atomic E-state index is 12.1. The molecule has 4 heteroatoms. The number of rotatable bonds is 4. The summed E-state index contributed by atoms with van der Waals surface area (Å²) in [5.41, 5.74) is 0.995. The second-order valence-corrected chi connectivity index (χ2v) is 7.39. The first-order valence-corrected chi connectivity index (χ1v) is 8.90. The van der Waals surface area contributed by atoms with Crippen LogP contribution >= 0.6 is 22.6 Å². The van der Waals surface area contributed by atoms with E-state index in [0.717, 1.165) is 21.0 Å². The van der Waals surface area contributed by atoms with Crippen LogP contribution in [-0.2, 0) is 0 Å². The summed E-state index contributed by atoms with van der Waals surface area (Å²) in [5.74, 6) is 2.56. The topological polar surface area (TPSA) is 45.8 Å². The first-order valence-electron chi connectivity index (χ1n) is 7.82. The summed E-state index contributed by atoms with van der Waals surface area (Å²) in [4.78, 5) is 19.8. The predicted molar refractivity (Wildman–Crippen MR) is 91.3 cm³/mol. The molecule has 0 saturated heterocycles. The Kier molecular flexibility index (Phi) is 5.64. The van der Waals surface area contributed by atoms with Gasteiger partial charge in [-0.15, -0.1) is 0 Å². The summed E-state index contributed by atoms with van der Waals surface area (Å²) in [6, 6.07) is 0. The van der Waals surface area contributed by atoms with Gasteiger partial charge < -0.3 is 4.98 Å². The zero-order valence-electron chi connectivity index (χ0n) is 12.7. The second-order valence-electron chi connectivity index (χ2n) is 6.31. The second kappa shape index (κ2) is 7.05. The van der Waals surface area contributed by atoms with Gasteiger partial charge in [-0.05, 0) is 60.1 Å². The Balaban J connectivity index is 2.16. The maximum Gasteiger partial charge on any atom is 0.264 e. The molecule has 1 saturated carbocycles. The van der Waals surface area contributed by atoms with Crippen LogP contribution in [0.25, 0.3) is 0 Å². The Morgan fingerprint density at radius 3 is 2.50 bits per heavy atom. The Bertz CT molecular complexity index is 502. The van der Waals surface area contributed by atoms with Gasteiger partial charge in [0.05, 0.1) is 9.26 Å². The highest BCUT2D eigenvalue weighted by Crippen LogP contribution is 2.36. The maximum absolute atomic E-state index is 12.1. The van der Waals surface area contributed by atoms with Crippen LogP contribution in [0.2, 0.25) is 0 Å². The van der Waals surface area contributed by atoms with Crippen molar-refractivity contribution >= 4 is 22.6 Å². The third-order valence-electron chi connectivity index (χ3n) is 4.38. The number of hydrogen-bond acceptors (Lipinski definition) is 2. The molecule has 1 aromatic rings. The smallest absolute Gasteiger partial charge is 0.264 e. The van der Waals surface area contributed by atoms with E-state index in [2.05, 4.69) is 48.3 Å². The molecule has 0 unspecified atom stereocenters. The van der Waals surface area contributed by atoms with Crippen molar-refractivity contribution in [2.75, 3.05) is 0 Å². The largest absolute Gasteiger partial charge is 0.309 e. The van der Waals surface area contributed by atoms with Gasteiger partial charge in [-0.25, -0.2) is 4.98 Å². The van der Waals surface area contributed by atoms with Crippen LogP contribution in [0.1, 0.15) is 82.7 Å². The van der Waals surface area contributed by atoms with Crippen molar-refractivity contribution in [2.24, 2.45) is 5.92 Å². The van der Waals surface area contributed by atoms with Gasteiger partial charge in [0.25, 0.3) is 5.56 Å². The van der Waals surface area contributed by atoms with E-state index < -0.39 is 0 Å². The van der Waals surface area contributed by atoms with Crippen molar-refractivity contribution in [1.29, 1.82) is 0 Å². The van der Waals surface area contributed by atoms with E-state index >= 15 is 0 Å². The fraction of sp³-hybridized carbons (Fsp3) is 0.750. The number of H-pyrrole nitrogens is 1. The van der Waals surface area contributed by atoms with Gasteiger partial charge in [-0.3, -0.25) is 4.79 Å². The number of nitrogens with zero attached hydrogens (tertiary/aromatic N) is 1. The quantitative estimate of drug-likeness (QED) is 0.768. The number of hydrogen-bond donors (Lipinski definition) is 1. The molecule has 2 rings (SSSR count). The first kappa shape index (κ1) is 16.0. The van der Waals surface area contributed by atoms with E-state index in [4.69, 9.17) is 4.98 Å². The lowest BCUT2D eigenvalue weighted by atomic mass is 9.79. The van der Waals surface area contributed by atoms with Crippen LogP contribution in [-0.4, -0.2) is 9.97 Å². The molecule has 1 heterocycles. The molecule has 20 heavy (non-hydrogen) atoms. The van der Waals surface area contributed by atoms with Gasteiger partial charge in [-0.2, -0.15) is 0 Å². The molecule has 0 aliphatic heterocycles. The molecular formula is C16H25IN2O. The van der Waals surface area contributed by atoms with Crippen LogP contribution in [0.4, 0.5) is 0 Å². The van der Waals surface area contributed by atoms with Crippen LogP contribution < -0.4 is 5.56 Å². The molecule has 0 bridgehead atoms. The molecule has 0 radical (unpaired) electrons. The molecule has 1 N–H and O–H groups in total. The van der Waals surface area contributed by atoms with Crippen molar-refractivity contribution in [3.8, 4) is 0 Å². The standard InChI is InChI=1S/C16H25IN2O/c1-4-5-11-6-8-12(9-7-11)15-18-14(10(2)3)13(17)16(20)19-15/h10-12H,4-9H2,1-3H3,(H,18,19,20). The SMILES string of the molecule is CCCC1CCC(c2nc(C(C)C)c(I)c(=O)[nH]2)CC1. The molecular weight excluding hydrogens is 363 g/mol. The van der Waals surface area contributed by atoms with Gasteiger partial charge in [0, 0.05) is 5.92 Å². The number of halogens is 1. The van der Waals surface area contributed by atoms with Gasteiger partial charge in [0.1, 0.15) is 5.82 Å². The van der Waals surface area contributed by atoms with Crippen molar-refractivity contribution in [2.45, 2.75) is 71.1 Å². The molecule has 1 aliphatic carbocycles. The lowest BCUT2D eigenvalue weighted by molar-refractivity contribution is 0.301. The molecule has 1 aliphatic rings. The highest BCUT2D eigenvalue weighted by molar-refractivity contribution is 14.1. The fourth-order valence-electron chi connectivity index (χ4n) is 3.20. The van der Waals surface area contributed by atoms with E-state index in [1.165, 1.54) is 38.5 Å². The average molecular weight is 388 g/mol. The summed E-state index contributed by atoms with van der Waals surface area (Å²) in [6.45, 7) is 6.47. The normalized spacial score (nSPS) is 23.2. The minimum atomic E-state index is 0.0370. The third kappa shape index (κ3) is 3.62. The van der Waals surface area contributed by atoms with Crippen molar-refractivity contribution in [3.05, 3.63) is 25.4 Å². The molecule has 1 aromatic heterocycles. The average Bonchev–Trinajstić information content (AvgIpc) is 2.42. The van der Waals surface area contributed by atoms with Crippen LogP contribution in [0.5, 0.6) is 0 Å². The molecule has 0 atom stereocenters. The Hall–Kier alpha value is -0.390. The summed E-state index contributed by atoms with van der Waals surface area (Å²) in [7, 11) is 0. The Morgan fingerprint density at radius 2 is 1.95 bits per heavy atom. The Labute approximate surface area is 135 Å². The third-order valence-corrected chi connectivity index (χ3v) is 5.43. The summed E-state index contributed by atoms with van der Waals surface area (Å²) in [5, 5.41) is 0. The summed E-state index contributed by atoms with van der Waals surface area (Å²) >= 11 is 2.12. The zero-order chi connectivity index (χ0) is 14.7. The van der Waals surface area contributed by atoms with Gasteiger partial charge >= 0.3 is 0 Å². The highest BCUT2D eigenvalue weighted by Gasteiger charge is 2.24. The van der Waals surface area contributed by atoms with Gasteiger partial charge in [-0.1, -0.05) is 33.6 Å². The lowest BCUT2D eigenvalue weighted by Gasteiger charge is -2.28. The lowest BCUT2D eigenvalue weighted by Crippen LogP contribution is -2.23. The fourth-order valence-corrected chi connectivity index (χ4v) is 4.08. The van der Waals surface area contributed by atoms with Gasteiger partial charge in [0.2, 0.25) is 0 Å². The van der Waals surface area contributed by atoms with E-state index in [-0.39, 0.29) is 5.56 Å². The van der Waals surface area contributed by atoms with E-state index in [1.807, 2.05) is 0 Å². The van der Waals surface area contributed by atoms with E-state index in [1.54, 1.807) is 0 Å². The number of aromatic amines is 1. The summed E-state index contributed by atoms with van der Waals surface area (Å²) < 4.78 is 0.751. The van der Waals surface area contributed by atoms with Crippen molar-refractivity contribution in [1.82, 2.24) is 9.97 Å². The summed E-state index contributed by atoms with van der Waals surface area (Å²) in [6.07, 6.45) is 7.54.